The van der Waals surface area contributed by atoms with Crippen LogP contribution in [0.4, 0.5) is 8.78 Å². The Bertz CT molecular complexity index is 421. The Morgan fingerprint density at radius 1 is 1.16 bits per heavy atom. The molecule has 0 aliphatic heterocycles. The van der Waals surface area contributed by atoms with E-state index in [-0.39, 0.29) is 11.5 Å². The van der Waals surface area contributed by atoms with Gasteiger partial charge < -0.3 is 5.32 Å². The predicted molar refractivity (Wildman–Crippen MR) is 76.2 cm³/mol. The zero-order valence-corrected chi connectivity index (χ0v) is 12.6. The highest BCUT2D eigenvalue weighted by atomic mass is 19.1. The van der Waals surface area contributed by atoms with Crippen molar-refractivity contribution in [3.63, 3.8) is 0 Å². The first kappa shape index (κ1) is 16.1. The van der Waals surface area contributed by atoms with Crippen LogP contribution in [0.1, 0.15) is 57.7 Å². The van der Waals surface area contributed by atoms with Crippen LogP contribution in [0.15, 0.2) is 12.1 Å². The van der Waals surface area contributed by atoms with Gasteiger partial charge >= 0.3 is 0 Å². The lowest BCUT2D eigenvalue weighted by Gasteiger charge is -2.24. The summed E-state index contributed by atoms with van der Waals surface area (Å²) in [6.45, 7) is 10.9. The Labute approximate surface area is 115 Å². The zero-order chi connectivity index (χ0) is 14.6. The van der Waals surface area contributed by atoms with E-state index in [4.69, 9.17) is 0 Å². The highest BCUT2D eigenvalue weighted by molar-refractivity contribution is 5.28. The number of hydrogen-bond acceptors (Lipinski definition) is 1. The average molecular weight is 269 g/mol. The number of rotatable bonds is 5. The molecule has 1 rings (SSSR count). The van der Waals surface area contributed by atoms with Crippen molar-refractivity contribution >= 4 is 0 Å². The van der Waals surface area contributed by atoms with Crippen molar-refractivity contribution < 1.29 is 8.78 Å². The molecule has 0 aromatic heterocycles. The molecule has 0 saturated carbocycles. The third-order valence-corrected chi connectivity index (χ3v) is 3.29. The summed E-state index contributed by atoms with van der Waals surface area (Å²) in [6, 6.07) is 2.57. The molecule has 1 nitrogen and oxygen atoms in total. The van der Waals surface area contributed by atoms with E-state index >= 15 is 0 Å². The lowest BCUT2D eigenvalue weighted by Crippen LogP contribution is -2.23. The molecule has 0 radical (unpaired) electrons. The Hall–Kier alpha value is -0.960. The topological polar surface area (TPSA) is 12.0 Å². The summed E-state index contributed by atoms with van der Waals surface area (Å²) in [7, 11) is 0. The van der Waals surface area contributed by atoms with Crippen LogP contribution in [-0.2, 0) is 0 Å². The quantitative estimate of drug-likeness (QED) is 0.813. The van der Waals surface area contributed by atoms with E-state index in [0.717, 1.165) is 25.5 Å². The number of halogens is 2. The molecule has 1 atom stereocenters. The molecule has 0 amide bonds. The van der Waals surface area contributed by atoms with Crippen LogP contribution >= 0.6 is 0 Å². The molecule has 0 bridgehead atoms. The van der Waals surface area contributed by atoms with Gasteiger partial charge in [-0.15, -0.1) is 0 Å². The third-order valence-electron chi connectivity index (χ3n) is 3.29. The van der Waals surface area contributed by atoms with Crippen molar-refractivity contribution in [2.75, 3.05) is 6.54 Å². The van der Waals surface area contributed by atoms with Crippen LogP contribution in [0.5, 0.6) is 0 Å². The summed E-state index contributed by atoms with van der Waals surface area (Å²) in [5.74, 6) is -0.935. The predicted octanol–water partition coefficient (Wildman–Crippen LogP) is 4.75. The minimum atomic E-state index is -0.479. The molecule has 19 heavy (non-hydrogen) atoms. The van der Waals surface area contributed by atoms with Crippen LogP contribution in [-0.4, -0.2) is 6.54 Å². The SMILES string of the molecule is CCNC(CCC(C)(C)C)c1cc(C)c(F)cc1F. The van der Waals surface area contributed by atoms with E-state index in [0.29, 0.717) is 11.1 Å². The summed E-state index contributed by atoms with van der Waals surface area (Å²) in [4.78, 5) is 0. The summed E-state index contributed by atoms with van der Waals surface area (Å²) < 4.78 is 27.3. The number of nitrogens with one attached hydrogen (secondary N) is 1. The van der Waals surface area contributed by atoms with Crippen LogP contribution in [0.3, 0.4) is 0 Å². The number of benzene rings is 1. The Morgan fingerprint density at radius 3 is 2.32 bits per heavy atom. The van der Waals surface area contributed by atoms with E-state index in [1.807, 2.05) is 6.92 Å². The molecule has 0 saturated heterocycles. The van der Waals surface area contributed by atoms with Gasteiger partial charge in [0.15, 0.2) is 0 Å². The fourth-order valence-electron chi connectivity index (χ4n) is 2.14. The number of hydrogen-bond donors (Lipinski definition) is 1. The summed E-state index contributed by atoms with van der Waals surface area (Å²) in [6.07, 6.45) is 1.83. The van der Waals surface area contributed by atoms with Gasteiger partial charge in [0.05, 0.1) is 0 Å². The van der Waals surface area contributed by atoms with E-state index < -0.39 is 11.6 Å². The second-order valence-electron chi connectivity index (χ2n) is 6.33. The summed E-state index contributed by atoms with van der Waals surface area (Å²) >= 11 is 0. The lowest BCUT2D eigenvalue weighted by molar-refractivity contribution is 0.330. The maximum absolute atomic E-state index is 13.9. The van der Waals surface area contributed by atoms with E-state index in [1.54, 1.807) is 13.0 Å². The van der Waals surface area contributed by atoms with Crippen LogP contribution in [0.25, 0.3) is 0 Å². The van der Waals surface area contributed by atoms with Gasteiger partial charge in [-0.05, 0) is 43.4 Å². The van der Waals surface area contributed by atoms with Gasteiger partial charge in [-0.2, -0.15) is 0 Å². The van der Waals surface area contributed by atoms with Gasteiger partial charge in [-0.3, -0.25) is 0 Å². The van der Waals surface area contributed by atoms with Gasteiger partial charge in [0.2, 0.25) is 0 Å². The van der Waals surface area contributed by atoms with Gasteiger partial charge in [0.25, 0.3) is 0 Å². The molecular weight excluding hydrogens is 244 g/mol. The fraction of sp³-hybridized carbons (Fsp3) is 0.625. The van der Waals surface area contributed by atoms with Crippen molar-refractivity contribution in [1.82, 2.24) is 5.32 Å². The Morgan fingerprint density at radius 2 is 1.79 bits per heavy atom. The summed E-state index contributed by atoms with van der Waals surface area (Å²) in [5, 5.41) is 3.30. The standard InChI is InChI=1S/C16H25F2N/c1-6-19-15(7-8-16(3,4)5)12-9-11(2)13(17)10-14(12)18/h9-10,15,19H,6-8H2,1-5H3. The second-order valence-corrected chi connectivity index (χ2v) is 6.33. The number of aryl methyl sites for hydroxylation is 1. The van der Waals surface area contributed by atoms with Gasteiger partial charge in [-0.25, -0.2) is 8.78 Å². The molecule has 0 fully saturated rings. The molecule has 1 N–H and O–H groups in total. The first-order valence-electron chi connectivity index (χ1n) is 6.93. The highest BCUT2D eigenvalue weighted by Crippen LogP contribution is 2.29. The van der Waals surface area contributed by atoms with Crippen LogP contribution in [0, 0.1) is 24.0 Å². The average Bonchev–Trinajstić information content (AvgIpc) is 2.28. The Kier molecular flexibility index (Phi) is 5.48. The minimum Gasteiger partial charge on any atom is -0.310 e. The lowest BCUT2D eigenvalue weighted by atomic mass is 9.87. The van der Waals surface area contributed by atoms with Crippen molar-refractivity contribution in [2.45, 2.75) is 53.5 Å². The molecule has 1 unspecified atom stereocenters. The largest absolute Gasteiger partial charge is 0.310 e. The highest BCUT2D eigenvalue weighted by Gasteiger charge is 2.20. The molecule has 1 aromatic carbocycles. The molecule has 0 aliphatic rings. The monoisotopic (exact) mass is 269 g/mol. The van der Waals surface area contributed by atoms with Gasteiger partial charge in [-0.1, -0.05) is 27.7 Å². The maximum Gasteiger partial charge on any atom is 0.130 e. The molecule has 0 spiro atoms. The smallest absolute Gasteiger partial charge is 0.130 e. The van der Waals surface area contributed by atoms with Gasteiger partial charge in [0, 0.05) is 17.7 Å². The molecule has 1 aromatic rings. The van der Waals surface area contributed by atoms with Crippen molar-refractivity contribution in [3.8, 4) is 0 Å². The first-order valence-corrected chi connectivity index (χ1v) is 6.93. The van der Waals surface area contributed by atoms with E-state index in [2.05, 4.69) is 26.1 Å². The molecule has 0 heterocycles. The minimum absolute atomic E-state index is 0.0523. The van der Waals surface area contributed by atoms with Crippen LogP contribution in [0.2, 0.25) is 0 Å². The fourth-order valence-corrected chi connectivity index (χ4v) is 2.14. The molecule has 3 heteroatoms. The van der Waals surface area contributed by atoms with E-state index in [9.17, 15) is 8.78 Å². The van der Waals surface area contributed by atoms with Gasteiger partial charge in [0.1, 0.15) is 11.6 Å². The van der Waals surface area contributed by atoms with E-state index in [1.165, 1.54) is 0 Å². The third kappa shape index (κ3) is 4.90. The second kappa shape index (κ2) is 6.47. The van der Waals surface area contributed by atoms with Crippen LogP contribution < -0.4 is 5.32 Å². The molecular formula is C16H25F2N. The molecule has 108 valence electrons. The zero-order valence-electron chi connectivity index (χ0n) is 12.6. The first-order chi connectivity index (χ1) is 8.74. The van der Waals surface area contributed by atoms with Crippen molar-refractivity contribution in [1.29, 1.82) is 0 Å². The maximum atomic E-state index is 13.9. The Balaban J connectivity index is 2.95. The molecule has 0 aliphatic carbocycles. The normalized spacial score (nSPS) is 13.6. The summed E-state index contributed by atoms with van der Waals surface area (Å²) in [5.41, 5.74) is 1.28. The van der Waals surface area contributed by atoms with Crippen molar-refractivity contribution in [2.24, 2.45) is 5.41 Å². The van der Waals surface area contributed by atoms with Crippen molar-refractivity contribution in [3.05, 3.63) is 34.9 Å².